The van der Waals surface area contributed by atoms with Crippen molar-refractivity contribution in [2.75, 3.05) is 0 Å². The summed E-state index contributed by atoms with van der Waals surface area (Å²) in [6.45, 7) is 1.68. The summed E-state index contributed by atoms with van der Waals surface area (Å²) in [6.07, 6.45) is 3.81. The molecule has 3 rings (SSSR count). The van der Waals surface area contributed by atoms with E-state index >= 15 is 0 Å². The van der Waals surface area contributed by atoms with Gasteiger partial charge in [0.2, 0.25) is 10.0 Å². The van der Waals surface area contributed by atoms with Gasteiger partial charge in [0, 0.05) is 6.04 Å². The molecule has 1 aliphatic heterocycles. The predicted molar refractivity (Wildman–Crippen MR) is 86.7 cm³/mol. The molecule has 24 heavy (non-hydrogen) atoms. The summed E-state index contributed by atoms with van der Waals surface area (Å²) in [5.74, 6) is -1.02. The Bertz CT molecular complexity index is 812. The van der Waals surface area contributed by atoms with Crippen molar-refractivity contribution in [3.8, 4) is 6.07 Å². The molecule has 2 aliphatic rings. The van der Waals surface area contributed by atoms with Gasteiger partial charge in [-0.15, -0.1) is 0 Å². The Labute approximate surface area is 141 Å². The number of benzene rings is 1. The van der Waals surface area contributed by atoms with Crippen LogP contribution in [0.5, 0.6) is 0 Å². The quantitative estimate of drug-likeness (QED) is 0.903. The topological polar surface area (TPSA) is 98.5 Å². The molecular formula is C17H20N2O4S. The van der Waals surface area contributed by atoms with Crippen LogP contribution in [0.2, 0.25) is 0 Å². The normalized spacial score (nSPS) is 27.4. The summed E-state index contributed by atoms with van der Waals surface area (Å²) in [4.78, 5) is 11.6. The molecule has 0 radical (unpaired) electrons. The molecule has 1 aromatic rings. The Morgan fingerprint density at radius 3 is 2.71 bits per heavy atom. The Morgan fingerprint density at radius 2 is 2.04 bits per heavy atom. The number of carbonyl (C=O) groups is 1. The summed E-state index contributed by atoms with van der Waals surface area (Å²) in [7, 11) is -4.04. The molecule has 2 fully saturated rings. The largest absolute Gasteiger partial charge is 0.480 e. The van der Waals surface area contributed by atoms with Crippen molar-refractivity contribution in [3.05, 3.63) is 29.3 Å². The van der Waals surface area contributed by atoms with Crippen molar-refractivity contribution >= 4 is 16.0 Å². The van der Waals surface area contributed by atoms with Gasteiger partial charge < -0.3 is 5.11 Å². The number of hydrogen-bond donors (Lipinski definition) is 1. The second kappa shape index (κ2) is 6.19. The average Bonchev–Trinajstić information content (AvgIpc) is 2.95. The van der Waals surface area contributed by atoms with Gasteiger partial charge in [0.15, 0.2) is 0 Å². The maximum absolute atomic E-state index is 13.2. The van der Waals surface area contributed by atoms with E-state index in [4.69, 9.17) is 0 Å². The maximum atomic E-state index is 13.2. The zero-order chi connectivity index (χ0) is 17.5. The Kier molecular flexibility index (Phi) is 4.37. The maximum Gasteiger partial charge on any atom is 0.322 e. The van der Waals surface area contributed by atoms with Crippen LogP contribution in [0.3, 0.4) is 0 Å². The van der Waals surface area contributed by atoms with Gasteiger partial charge in [0.1, 0.15) is 17.0 Å². The van der Waals surface area contributed by atoms with Crippen LogP contribution in [0.1, 0.15) is 43.2 Å². The second-order valence-corrected chi connectivity index (χ2v) is 8.41. The molecule has 0 spiro atoms. The van der Waals surface area contributed by atoms with Gasteiger partial charge in [-0.05, 0) is 43.7 Å². The fraction of sp³-hybridized carbons (Fsp3) is 0.529. The summed E-state index contributed by atoms with van der Waals surface area (Å²) in [6, 6.07) is 5.30. The van der Waals surface area contributed by atoms with Crippen LogP contribution in [0.4, 0.5) is 0 Å². The summed E-state index contributed by atoms with van der Waals surface area (Å²) >= 11 is 0. The first-order valence-electron chi connectivity index (χ1n) is 8.14. The first-order valence-corrected chi connectivity index (χ1v) is 9.58. The fourth-order valence-corrected chi connectivity index (χ4v) is 6.18. The molecule has 1 aliphatic carbocycles. The Balaban J connectivity index is 2.12. The third kappa shape index (κ3) is 2.60. The van der Waals surface area contributed by atoms with Gasteiger partial charge in [-0.25, -0.2) is 8.42 Å². The predicted octanol–water partition coefficient (Wildman–Crippen LogP) is 2.27. The molecule has 0 bridgehead atoms. The number of rotatable bonds is 3. The zero-order valence-corrected chi connectivity index (χ0v) is 14.3. The van der Waals surface area contributed by atoms with Gasteiger partial charge in [0.25, 0.3) is 0 Å². The third-order valence-electron chi connectivity index (χ3n) is 5.22. The summed E-state index contributed by atoms with van der Waals surface area (Å²) in [5.41, 5.74) is 0.672. The molecule has 1 N–H and O–H groups in total. The lowest BCUT2D eigenvalue weighted by Crippen LogP contribution is -2.46. The smallest absolute Gasteiger partial charge is 0.322 e. The van der Waals surface area contributed by atoms with Crippen LogP contribution in [0, 0.1) is 24.2 Å². The number of sulfonamides is 1. The number of fused-ring (bicyclic) bond motifs is 1. The van der Waals surface area contributed by atoms with E-state index in [1.807, 2.05) is 6.07 Å². The molecule has 6 nitrogen and oxygen atoms in total. The number of aliphatic carboxylic acids is 1. The third-order valence-corrected chi connectivity index (χ3v) is 7.19. The number of aryl methyl sites for hydroxylation is 1. The first-order chi connectivity index (χ1) is 11.4. The molecule has 1 aromatic carbocycles. The van der Waals surface area contributed by atoms with Crippen LogP contribution in [0.15, 0.2) is 23.1 Å². The van der Waals surface area contributed by atoms with Crippen molar-refractivity contribution < 1.29 is 18.3 Å². The number of carboxylic acids is 1. The van der Waals surface area contributed by atoms with E-state index in [2.05, 4.69) is 0 Å². The number of nitrogens with zero attached hydrogens (tertiary/aromatic N) is 2. The number of nitriles is 1. The highest BCUT2D eigenvalue weighted by atomic mass is 32.2. The van der Waals surface area contributed by atoms with Crippen LogP contribution in [-0.2, 0) is 14.8 Å². The standard InChI is InChI=1S/C17H20N2O4S/c1-11-5-4-8-16(13(11)10-18)24(22,23)19-14-7-3-2-6-12(14)9-15(19)17(20)21/h4-5,8,12,14-15H,2-3,6-7,9H2,1H3,(H,20,21). The van der Waals surface area contributed by atoms with E-state index in [0.717, 1.165) is 19.3 Å². The molecular weight excluding hydrogens is 328 g/mol. The van der Waals surface area contributed by atoms with Gasteiger partial charge in [-0.2, -0.15) is 9.57 Å². The van der Waals surface area contributed by atoms with E-state index in [1.54, 1.807) is 19.1 Å². The fourth-order valence-electron chi connectivity index (χ4n) is 4.09. The summed E-state index contributed by atoms with van der Waals surface area (Å²) < 4.78 is 27.7. The highest BCUT2D eigenvalue weighted by molar-refractivity contribution is 7.89. The summed E-state index contributed by atoms with van der Waals surface area (Å²) in [5, 5.41) is 18.9. The van der Waals surface area contributed by atoms with Gasteiger partial charge in [-0.3, -0.25) is 4.79 Å². The number of carboxylic acid groups (broad SMARTS) is 1. The minimum Gasteiger partial charge on any atom is -0.480 e. The minimum absolute atomic E-state index is 0.0810. The molecule has 3 atom stereocenters. The Morgan fingerprint density at radius 1 is 1.33 bits per heavy atom. The van der Waals surface area contributed by atoms with E-state index in [0.29, 0.717) is 18.4 Å². The molecule has 128 valence electrons. The van der Waals surface area contributed by atoms with Gasteiger partial charge >= 0.3 is 5.97 Å². The van der Waals surface area contributed by atoms with Crippen LogP contribution < -0.4 is 0 Å². The van der Waals surface area contributed by atoms with E-state index < -0.39 is 22.0 Å². The highest BCUT2D eigenvalue weighted by Gasteiger charge is 2.51. The van der Waals surface area contributed by atoms with Crippen molar-refractivity contribution in [2.45, 2.75) is 56.0 Å². The minimum atomic E-state index is -4.04. The van der Waals surface area contributed by atoms with E-state index in [9.17, 15) is 23.6 Å². The van der Waals surface area contributed by atoms with Crippen LogP contribution in [0.25, 0.3) is 0 Å². The molecule has 3 unspecified atom stereocenters. The monoisotopic (exact) mass is 348 g/mol. The molecule has 7 heteroatoms. The number of hydrogen-bond acceptors (Lipinski definition) is 4. The Hall–Kier alpha value is -1.91. The lowest BCUT2D eigenvalue weighted by Gasteiger charge is -2.32. The van der Waals surface area contributed by atoms with Crippen molar-refractivity contribution in [3.63, 3.8) is 0 Å². The van der Waals surface area contributed by atoms with Crippen LogP contribution >= 0.6 is 0 Å². The van der Waals surface area contributed by atoms with Crippen molar-refractivity contribution in [1.29, 1.82) is 5.26 Å². The molecule has 1 saturated carbocycles. The molecule has 1 heterocycles. The average molecular weight is 348 g/mol. The van der Waals surface area contributed by atoms with E-state index in [1.165, 1.54) is 10.4 Å². The van der Waals surface area contributed by atoms with E-state index in [-0.39, 0.29) is 22.4 Å². The van der Waals surface area contributed by atoms with Gasteiger partial charge in [0.05, 0.1) is 5.56 Å². The van der Waals surface area contributed by atoms with Crippen molar-refractivity contribution in [2.24, 2.45) is 5.92 Å². The highest BCUT2D eigenvalue weighted by Crippen LogP contribution is 2.43. The SMILES string of the molecule is Cc1cccc(S(=O)(=O)N2C(C(=O)O)CC3CCCCC32)c1C#N. The van der Waals surface area contributed by atoms with Gasteiger partial charge in [-0.1, -0.05) is 25.0 Å². The van der Waals surface area contributed by atoms with Crippen molar-refractivity contribution in [1.82, 2.24) is 4.31 Å². The molecule has 0 aromatic heterocycles. The lowest BCUT2D eigenvalue weighted by atomic mass is 9.85. The lowest BCUT2D eigenvalue weighted by molar-refractivity contribution is -0.141. The molecule has 0 amide bonds. The molecule has 1 saturated heterocycles. The van der Waals surface area contributed by atoms with Crippen LogP contribution in [-0.4, -0.2) is 35.9 Å². The first kappa shape index (κ1) is 16.9. The zero-order valence-electron chi connectivity index (χ0n) is 13.5. The second-order valence-electron chi connectivity index (χ2n) is 6.60.